The molecule has 198 valence electrons. The molecule has 1 spiro atoms. The van der Waals surface area contributed by atoms with Crippen LogP contribution in [0.15, 0.2) is 78.9 Å². The summed E-state index contributed by atoms with van der Waals surface area (Å²) in [6.45, 7) is 10.6. The minimum atomic E-state index is -1.05. The van der Waals surface area contributed by atoms with E-state index >= 15 is 0 Å². The SMILES string of the molecule is CCCN(CCC)c1ccc(Nc2ccc3c(c2)Oc2c(C)cc(C)cc2C32OC(=O)c3ccccc32)cc1. The highest BCUT2D eigenvalue weighted by Gasteiger charge is 2.53. The molecule has 0 aliphatic carbocycles. The summed E-state index contributed by atoms with van der Waals surface area (Å²) in [5.41, 5.74) is 7.34. The maximum atomic E-state index is 13.1. The van der Waals surface area contributed by atoms with E-state index in [1.165, 1.54) is 5.69 Å². The largest absolute Gasteiger partial charge is 0.456 e. The number of benzene rings is 4. The molecule has 1 N–H and O–H groups in total. The molecule has 2 heterocycles. The van der Waals surface area contributed by atoms with Crippen LogP contribution in [0.5, 0.6) is 11.5 Å². The van der Waals surface area contributed by atoms with Gasteiger partial charge in [0.2, 0.25) is 0 Å². The number of fused-ring (bicyclic) bond motifs is 6. The molecule has 2 aliphatic rings. The number of ether oxygens (including phenoxy) is 2. The molecule has 0 saturated carbocycles. The minimum absolute atomic E-state index is 0.314. The lowest BCUT2D eigenvalue weighted by molar-refractivity contribution is 0.0223. The number of hydrogen-bond acceptors (Lipinski definition) is 5. The third-order valence-corrected chi connectivity index (χ3v) is 7.65. The fourth-order valence-corrected chi connectivity index (χ4v) is 6.03. The second kappa shape index (κ2) is 9.81. The average molecular weight is 519 g/mol. The van der Waals surface area contributed by atoms with Crippen LogP contribution in [-0.2, 0) is 10.3 Å². The highest BCUT2D eigenvalue weighted by Crippen LogP contribution is 2.57. The van der Waals surface area contributed by atoms with E-state index in [9.17, 15) is 4.79 Å². The zero-order valence-electron chi connectivity index (χ0n) is 23.0. The summed E-state index contributed by atoms with van der Waals surface area (Å²) in [5, 5.41) is 3.53. The number of esters is 1. The van der Waals surface area contributed by atoms with Crippen molar-refractivity contribution >= 4 is 23.0 Å². The molecule has 4 aromatic rings. The van der Waals surface area contributed by atoms with Crippen molar-refractivity contribution < 1.29 is 14.3 Å². The van der Waals surface area contributed by atoms with E-state index in [2.05, 4.69) is 67.4 Å². The smallest absolute Gasteiger partial charge is 0.340 e. The number of anilines is 3. The van der Waals surface area contributed by atoms with Gasteiger partial charge in [-0.05, 0) is 80.8 Å². The quantitative estimate of drug-likeness (QED) is 0.250. The Morgan fingerprint density at radius 3 is 2.26 bits per heavy atom. The predicted molar refractivity (Wildman–Crippen MR) is 157 cm³/mol. The van der Waals surface area contributed by atoms with Crippen LogP contribution in [0.3, 0.4) is 0 Å². The number of hydrogen-bond donors (Lipinski definition) is 1. The molecule has 0 saturated heterocycles. The second-order valence-electron chi connectivity index (χ2n) is 10.5. The molecule has 0 fully saturated rings. The topological polar surface area (TPSA) is 50.8 Å². The van der Waals surface area contributed by atoms with E-state index in [0.717, 1.165) is 70.9 Å². The van der Waals surface area contributed by atoms with E-state index in [1.54, 1.807) is 0 Å². The van der Waals surface area contributed by atoms with Gasteiger partial charge in [0.1, 0.15) is 11.5 Å². The van der Waals surface area contributed by atoms with Gasteiger partial charge in [0.15, 0.2) is 5.60 Å². The van der Waals surface area contributed by atoms with Gasteiger partial charge in [-0.1, -0.05) is 43.7 Å². The van der Waals surface area contributed by atoms with Crippen molar-refractivity contribution in [3.63, 3.8) is 0 Å². The first kappa shape index (κ1) is 25.1. The fourth-order valence-electron chi connectivity index (χ4n) is 6.03. The summed E-state index contributed by atoms with van der Waals surface area (Å²) in [6, 6.07) is 26.5. The van der Waals surface area contributed by atoms with Crippen molar-refractivity contribution in [2.24, 2.45) is 0 Å². The van der Waals surface area contributed by atoms with Gasteiger partial charge in [0.05, 0.1) is 5.56 Å². The van der Waals surface area contributed by atoms with Gasteiger partial charge in [-0.3, -0.25) is 0 Å². The minimum Gasteiger partial charge on any atom is -0.456 e. The van der Waals surface area contributed by atoms with Gasteiger partial charge in [0.25, 0.3) is 0 Å². The number of carbonyl (C=O) groups excluding carboxylic acids is 1. The lowest BCUT2D eigenvalue weighted by atomic mass is 9.76. The third kappa shape index (κ3) is 4.13. The van der Waals surface area contributed by atoms with Crippen LogP contribution in [0.1, 0.15) is 64.9 Å². The molecule has 0 bridgehead atoms. The van der Waals surface area contributed by atoms with Crippen LogP contribution < -0.4 is 15.0 Å². The summed E-state index contributed by atoms with van der Waals surface area (Å²) in [4.78, 5) is 15.5. The Kier molecular flexibility index (Phi) is 6.30. The van der Waals surface area contributed by atoms with E-state index in [1.807, 2.05) is 49.4 Å². The average Bonchev–Trinajstić information content (AvgIpc) is 3.23. The van der Waals surface area contributed by atoms with Crippen LogP contribution in [0.2, 0.25) is 0 Å². The number of nitrogens with one attached hydrogen (secondary N) is 1. The Labute approximate surface area is 230 Å². The molecule has 0 radical (unpaired) electrons. The Morgan fingerprint density at radius 2 is 1.51 bits per heavy atom. The predicted octanol–water partition coefficient (Wildman–Crippen LogP) is 8.24. The lowest BCUT2D eigenvalue weighted by Gasteiger charge is -2.37. The van der Waals surface area contributed by atoms with Gasteiger partial charge in [-0.15, -0.1) is 0 Å². The first-order valence-electron chi connectivity index (χ1n) is 13.8. The molecular weight excluding hydrogens is 484 g/mol. The summed E-state index contributed by atoms with van der Waals surface area (Å²) >= 11 is 0. The molecule has 1 unspecified atom stereocenters. The molecule has 2 aliphatic heterocycles. The van der Waals surface area contributed by atoms with Crippen LogP contribution in [0.25, 0.3) is 0 Å². The summed E-state index contributed by atoms with van der Waals surface area (Å²) < 4.78 is 12.9. The number of rotatable bonds is 7. The molecule has 5 nitrogen and oxygen atoms in total. The van der Waals surface area contributed by atoms with Gasteiger partial charge in [0, 0.05) is 52.9 Å². The Bertz CT molecular complexity index is 1550. The lowest BCUT2D eigenvalue weighted by Crippen LogP contribution is -2.33. The Hall–Kier alpha value is -4.25. The maximum Gasteiger partial charge on any atom is 0.340 e. The monoisotopic (exact) mass is 518 g/mol. The molecule has 0 amide bonds. The van der Waals surface area contributed by atoms with Gasteiger partial charge in [-0.25, -0.2) is 4.79 Å². The summed E-state index contributed by atoms with van der Waals surface area (Å²) in [5.74, 6) is 1.11. The first-order valence-corrected chi connectivity index (χ1v) is 13.8. The molecular formula is C34H34N2O3. The van der Waals surface area contributed by atoms with E-state index < -0.39 is 5.60 Å². The van der Waals surface area contributed by atoms with E-state index in [4.69, 9.17) is 9.47 Å². The van der Waals surface area contributed by atoms with Crippen LogP contribution in [0.4, 0.5) is 17.1 Å². The Balaban J connectivity index is 1.39. The fraction of sp³-hybridized carbons (Fsp3) is 0.265. The van der Waals surface area contributed by atoms with Crippen LogP contribution in [-0.4, -0.2) is 19.1 Å². The summed E-state index contributed by atoms with van der Waals surface area (Å²) in [7, 11) is 0. The van der Waals surface area contributed by atoms with Crippen molar-refractivity contribution in [3.05, 3.63) is 112 Å². The highest BCUT2D eigenvalue weighted by atomic mass is 16.6. The normalized spacial score (nSPS) is 16.7. The zero-order valence-corrected chi connectivity index (χ0v) is 23.0. The number of aryl methyl sites for hydroxylation is 2. The Morgan fingerprint density at radius 1 is 0.795 bits per heavy atom. The standard InChI is InChI=1S/C34H34N2O3/c1-5-17-36(18-6-2)26-14-11-24(12-15-26)35-25-13-16-29-31(21-25)38-32-23(4)19-22(3)20-30(32)34(29)28-10-8-7-9-27(28)33(37)39-34/h7-16,19-21,35H,5-6,17-18H2,1-4H3. The molecule has 5 heteroatoms. The first-order chi connectivity index (χ1) is 18.9. The van der Waals surface area contributed by atoms with Crippen molar-refractivity contribution in [1.29, 1.82) is 0 Å². The van der Waals surface area contributed by atoms with Gasteiger partial charge >= 0.3 is 5.97 Å². The molecule has 1 atom stereocenters. The number of nitrogens with zero attached hydrogens (tertiary/aromatic N) is 1. The molecule has 4 aromatic carbocycles. The molecule has 6 rings (SSSR count). The van der Waals surface area contributed by atoms with E-state index in [-0.39, 0.29) is 5.97 Å². The van der Waals surface area contributed by atoms with Crippen molar-refractivity contribution in [2.45, 2.75) is 46.1 Å². The number of carbonyl (C=O) groups is 1. The van der Waals surface area contributed by atoms with Crippen molar-refractivity contribution in [1.82, 2.24) is 0 Å². The third-order valence-electron chi connectivity index (χ3n) is 7.65. The second-order valence-corrected chi connectivity index (χ2v) is 10.5. The van der Waals surface area contributed by atoms with Crippen molar-refractivity contribution in [2.75, 3.05) is 23.3 Å². The summed E-state index contributed by atoms with van der Waals surface area (Å²) in [6.07, 6.45) is 2.25. The van der Waals surface area contributed by atoms with Crippen LogP contribution in [0, 0.1) is 13.8 Å². The van der Waals surface area contributed by atoms with E-state index in [0.29, 0.717) is 11.3 Å². The zero-order chi connectivity index (χ0) is 27.1. The molecule has 0 aromatic heterocycles. The van der Waals surface area contributed by atoms with Gasteiger partial charge in [-0.2, -0.15) is 0 Å². The highest BCUT2D eigenvalue weighted by molar-refractivity contribution is 5.97. The maximum absolute atomic E-state index is 13.1. The van der Waals surface area contributed by atoms with Gasteiger partial charge < -0.3 is 19.7 Å². The van der Waals surface area contributed by atoms with Crippen LogP contribution >= 0.6 is 0 Å². The van der Waals surface area contributed by atoms with Crippen molar-refractivity contribution in [3.8, 4) is 11.5 Å². The molecule has 39 heavy (non-hydrogen) atoms.